The van der Waals surface area contributed by atoms with Crippen molar-refractivity contribution in [3.05, 3.63) is 17.5 Å². The maximum atomic E-state index is 12.9. The van der Waals surface area contributed by atoms with Crippen LogP contribution in [0.5, 0.6) is 0 Å². The van der Waals surface area contributed by atoms with Crippen molar-refractivity contribution >= 4 is 18.3 Å². The van der Waals surface area contributed by atoms with Crippen LogP contribution in [0.15, 0.2) is 6.20 Å². The van der Waals surface area contributed by atoms with Gasteiger partial charge in [0.1, 0.15) is 0 Å². The predicted octanol–water partition coefficient (Wildman–Crippen LogP) is 2.21. The first-order chi connectivity index (χ1) is 10.2. The van der Waals surface area contributed by atoms with Crippen molar-refractivity contribution < 1.29 is 18.0 Å². The standard InChI is InChI=1S/C14H21F3N4O.ClH/c1-9-6-10(4-5-18-9)13(22)20(2)7-11-8-21(3)19-12(11)14(15,16)17;/h8-10,18H,4-7H2,1-3H3;1H/t9-,10-;/m0./s1. The molecule has 2 rings (SSSR count). The number of nitrogens with zero attached hydrogens (tertiary/aromatic N) is 3. The fourth-order valence-corrected chi connectivity index (χ4v) is 2.89. The summed E-state index contributed by atoms with van der Waals surface area (Å²) >= 11 is 0. The van der Waals surface area contributed by atoms with Crippen LogP contribution >= 0.6 is 12.4 Å². The lowest BCUT2D eigenvalue weighted by atomic mass is 9.92. The number of aromatic nitrogens is 2. The van der Waals surface area contributed by atoms with Crippen molar-refractivity contribution in [1.29, 1.82) is 0 Å². The molecule has 0 spiro atoms. The Kier molecular flexibility index (Phi) is 6.47. The van der Waals surface area contributed by atoms with Crippen molar-refractivity contribution in [3.8, 4) is 0 Å². The molecular formula is C14H22ClF3N4O. The van der Waals surface area contributed by atoms with E-state index in [0.29, 0.717) is 12.8 Å². The molecule has 0 bridgehead atoms. The van der Waals surface area contributed by atoms with Gasteiger partial charge in [0.2, 0.25) is 5.91 Å². The summed E-state index contributed by atoms with van der Waals surface area (Å²) in [5.41, 5.74) is -0.902. The third-order valence-electron chi connectivity index (χ3n) is 3.93. The second-order valence-corrected chi connectivity index (χ2v) is 5.95. The largest absolute Gasteiger partial charge is 0.435 e. The van der Waals surface area contributed by atoms with Gasteiger partial charge >= 0.3 is 6.18 Å². The molecule has 1 N–H and O–H groups in total. The summed E-state index contributed by atoms with van der Waals surface area (Å²) in [7, 11) is 2.98. The lowest BCUT2D eigenvalue weighted by Gasteiger charge is -2.30. The van der Waals surface area contributed by atoms with Crippen molar-refractivity contribution in [2.75, 3.05) is 13.6 Å². The topological polar surface area (TPSA) is 50.2 Å². The lowest BCUT2D eigenvalue weighted by molar-refractivity contribution is -0.143. The third-order valence-corrected chi connectivity index (χ3v) is 3.93. The highest BCUT2D eigenvalue weighted by Gasteiger charge is 2.37. The van der Waals surface area contributed by atoms with E-state index >= 15 is 0 Å². The zero-order chi connectivity index (χ0) is 16.5. The van der Waals surface area contributed by atoms with Gasteiger partial charge in [-0.25, -0.2) is 0 Å². The minimum atomic E-state index is -4.51. The highest BCUT2D eigenvalue weighted by Crippen LogP contribution is 2.31. The van der Waals surface area contributed by atoms with Gasteiger partial charge in [-0.15, -0.1) is 12.4 Å². The summed E-state index contributed by atoms with van der Waals surface area (Å²) in [4.78, 5) is 13.8. The van der Waals surface area contributed by atoms with Gasteiger partial charge in [0, 0.05) is 44.4 Å². The molecule has 2 atom stereocenters. The van der Waals surface area contributed by atoms with Crippen LogP contribution < -0.4 is 5.32 Å². The van der Waals surface area contributed by atoms with E-state index in [9.17, 15) is 18.0 Å². The molecule has 1 aromatic heterocycles. The molecule has 1 aliphatic heterocycles. The fourth-order valence-electron chi connectivity index (χ4n) is 2.89. The summed E-state index contributed by atoms with van der Waals surface area (Å²) in [5, 5.41) is 6.72. The van der Waals surface area contributed by atoms with E-state index in [2.05, 4.69) is 10.4 Å². The monoisotopic (exact) mass is 354 g/mol. The number of alkyl halides is 3. The average Bonchev–Trinajstić information content (AvgIpc) is 2.78. The number of carbonyl (C=O) groups is 1. The molecule has 0 unspecified atom stereocenters. The Hall–Kier alpha value is -1.28. The van der Waals surface area contributed by atoms with Crippen LogP contribution in [0.4, 0.5) is 13.2 Å². The molecule has 132 valence electrons. The van der Waals surface area contributed by atoms with Crippen LogP contribution in [0.3, 0.4) is 0 Å². The Morgan fingerprint density at radius 1 is 1.52 bits per heavy atom. The fraction of sp³-hybridized carbons (Fsp3) is 0.714. The first kappa shape index (κ1) is 19.8. The molecule has 0 saturated carbocycles. The molecule has 0 aliphatic carbocycles. The van der Waals surface area contributed by atoms with Crippen LogP contribution in [-0.4, -0.2) is 40.2 Å². The van der Waals surface area contributed by atoms with E-state index in [0.717, 1.165) is 11.2 Å². The van der Waals surface area contributed by atoms with Crippen molar-refractivity contribution in [3.63, 3.8) is 0 Å². The molecule has 1 fully saturated rings. The molecule has 1 saturated heterocycles. The number of piperidine rings is 1. The van der Waals surface area contributed by atoms with Gasteiger partial charge in [0.05, 0.1) is 0 Å². The zero-order valence-corrected chi connectivity index (χ0v) is 14.2. The predicted molar refractivity (Wildman–Crippen MR) is 82.1 cm³/mol. The van der Waals surface area contributed by atoms with Crippen LogP contribution in [0, 0.1) is 5.92 Å². The number of rotatable bonds is 3. The summed E-state index contributed by atoms with van der Waals surface area (Å²) in [6, 6.07) is 0.250. The van der Waals surface area contributed by atoms with Gasteiger partial charge in [-0.1, -0.05) is 0 Å². The number of carbonyl (C=O) groups excluding carboxylic acids is 1. The minimum Gasteiger partial charge on any atom is -0.341 e. The smallest absolute Gasteiger partial charge is 0.341 e. The van der Waals surface area contributed by atoms with Gasteiger partial charge in [0.25, 0.3) is 0 Å². The molecule has 1 aliphatic rings. The number of halogens is 4. The highest BCUT2D eigenvalue weighted by molar-refractivity contribution is 5.85. The first-order valence-corrected chi connectivity index (χ1v) is 7.26. The molecule has 1 amide bonds. The van der Waals surface area contributed by atoms with Gasteiger partial charge in [-0.3, -0.25) is 9.48 Å². The normalized spacial score (nSPS) is 21.7. The van der Waals surface area contributed by atoms with E-state index in [4.69, 9.17) is 0 Å². The third kappa shape index (κ3) is 4.84. The summed E-state index contributed by atoms with van der Waals surface area (Å²) in [5.74, 6) is -0.238. The summed E-state index contributed by atoms with van der Waals surface area (Å²) in [6.45, 7) is 2.67. The molecule has 2 heterocycles. The second kappa shape index (κ2) is 7.53. The Morgan fingerprint density at radius 3 is 2.74 bits per heavy atom. The number of nitrogens with one attached hydrogen (secondary N) is 1. The molecule has 0 aromatic carbocycles. The average molecular weight is 355 g/mol. The maximum Gasteiger partial charge on any atom is 0.435 e. The first-order valence-electron chi connectivity index (χ1n) is 7.26. The van der Waals surface area contributed by atoms with Crippen LogP contribution in [0.1, 0.15) is 31.0 Å². The number of hydrogen-bond donors (Lipinski definition) is 1. The Bertz CT molecular complexity index is 547. The van der Waals surface area contributed by atoms with E-state index < -0.39 is 11.9 Å². The summed E-state index contributed by atoms with van der Waals surface area (Å²) in [6.07, 6.45) is -1.77. The molecule has 5 nitrogen and oxygen atoms in total. The van der Waals surface area contributed by atoms with Gasteiger partial charge < -0.3 is 10.2 Å². The molecule has 9 heteroatoms. The van der Waals surface area contributed by atoms with Crippen LogP contribution in [-0.2, 0) is 24.6 Å². The quantitative estimate of drug-likeness (QED) is 0.905. The van der Waals surface area contributed by atoms with Gasteiger partial charge in [-0.2, -0.15) is 18.3 Å². The Balaban J connectivity index is 0.00000264. The van der Waals surface area contributed by atoms with Crippen LogP contribution in [0.25, 0.3) is 0 Å². The van der Waals surface area contributed by atoms with Crippen molar-refractivity contribution in [1.82, 2.24) is 20.0 Å². The molecular weight excluding hydrogens is 333 g/mol. The lowest BCUT2D eigenvalue weighted by Crippen LogP contribution is -2.42. The molecule has 23 heavy (non-hydrogen) atoms. The Labute approximate surface area is 139 Å². The summed E-state index contributed by atoms with van der Waals surface area (Å²) < 4.78 is 39.9. The van der Waals surface area contributed by atoms with Crippen molar-refractivity contribution in [2.45, 2.75) is 38.5 Å². The Morgan fingerprint density at radius 2 is 2.17 bits per heavy atom. The SMILES string of the molecule is C[C@H]1C[C@@H](C(=O)N(C)Cc2cn(C)nc2C(F)(F)F)CCN1.Cl. The number of hydrogen-bond acceptors (Lipinski definition) is 3. The molecule has 0 radical (unpaired) electrons. The van der Waals surface area contributed by atoms with Crippen molar-refractivity contribution in [2.24, 2.45) is 13.0 Å². The minimum absolute atomic E-state index is 0. The number of aryl methyl sites for hydroxylation is 1. The maximum absolute atomic E-state index is 12.9. The van der Waals surface area contributed by atoms with Crippen LogP contribution in [0.2, 0.25) is 0 Å². The van der Waals surface area contributed by atoms with E-state index in [1.54, 1.807) is 7.05 Å². The highest BCUT2D eigenvalue weighted by atomic mass is 35.5. The van der Waals surface area contributed by atoms with Gasteiger partial charge in [0.15, 0.2) is 5.69 Å². The number of amides is 1. The van der Waals surface area contributed by atoms with E-state index in [1.807, 2.05) is 6.92 Å². The second-order valence-electron chi connectivity index (χ2n) is 5.95. The van der Waals surface area contributed by atoms with E-state index in [1.165, 1.54) is 18.1 Å². The zero-order valence-electron chi connectivity index (χ0n) is 13.4. The van der Waals surface area contributed by atoms with E-state index in [-0.39, 0.29) is 42.4 Å². The molecule has 1 aromatic rings. The van der Waals surface area contributed by atoms with Gasteiger partial charge in [-0.05, 0) is 26.3 Å².